The lowest BCUT2D eigenvalue weighted by Crippen LogP contribution is -2.31. The number of hydrogen-bond acceptors (Lipinski definition) is 4. The first-order chi connectivity index (χ1) is 8.98. The lowest BCUT2D eigenvalue weighted by molar-refractivity contribution is 0.00383. The molecule has 0 aliphatic heterocycles. The Morgan fingerprint density at radius 1 is 1.47 bits per heavy atom. The molecule has 4 nitrogen and oxygen atoms in total. The van der Waals surface area contributed by atoms with Crippen LogP contribution in [0, 0.1) is 0 Å². The quantitative estimate of drug-likeness (QED) is 0.706. The second-order valence-corrected chi connectivity index (χ2v) is 5.03. The van der Waals surface area contributed by atoms with Gasteiger partial charge in [-0.3, -0.25) is 4.79 Å². The number of hydrogen-bond donors (Lipinski definition) is 2. The molecule has 1 aromatic carbocycles. The molecule has 106 valence electrons. The number of rotatable bonds is 8. The highest BCUT2D eigenvalue weighted by Gasteiger charge is 2.20. The highest BCUT2D eigenvalue weighted by molar-refractivity contribution is 5.96. The van der Waals surface area contributed by atoms with E-state index in [1.165, 1.54) is 0 Å². The molecule has 0 aromatic heterocycles. The third kappa shape index (κ3) is 5.41. The normalized spacial score (nSPS) is 13.9. The Labute approximate surface area is 114 Å². The smallest absolute Gasteiger partial charge is 0.164 e. The van der Waals surface area contributed by atoms with E-state index in [1.807, 2.05) is 6.92 Å². The highest BCUT2D eigenvalue weighted by Crippen LogP contribution is 2.18. The summed E-state index contributed by atoms with van der Waals surface area (Å²) in [6.45, 7) is 4.32. The van der Waals surface area contributed by atoms with Crippen LogP contribution in [0.4, 0.5) is 0 Å². The van der Waals surface area contributed by atoms with E-state index in [4.69, 9.17) is 10.5 Å². The summed E-state index contributed by atoms with van der Waals surface area (Å²) in [5.74, 6) is 0.604. The molecular weight excluding hydrogens is 242 g/mol. The molecule has 0 amide bonds. The van der Waals surface area contributed by atoms with Crippen molar-refractivity contribution >= 4 is 5.78 Å². The Morgan fingerprint density at radius 2 is 2.21 bits per heavy atom. The molecule has 0 fully saturated rings. The van der Waals surface area contributed by atoms with Crippen molar-refractivity contribution in [2.24, 2.45) is 5.73 Å². The van der Waals surface area contributed by atoms with E-state index in [0.29, 0.717) is 30.7 Å². The number of Topliss-reactive ketones (excluding diaryl/α,β-unsaturated/α-hetero) is 1. The van der Waals surface area contributed by atoms with Crippen molar-refractivity contribution in [3.8, 4) is 5.75 Å². The molecule has 0 heterocycles. The molecular formula is C15H23NO3. The van der Waals surface area contributed by atoms with E-state index in [0.717, 1.165) is 6.42 Å². The summed E-state index contributed by atoms with van der Waals surface area (Å²) >= 11 is 0. The maximum Gasteiger partial charge on any atom is 0.164 e. The van der Waals surface area contributed by atoms with Crippen LogP contribution in [-0.2, 0) is 0 Å². The van der Waals surface area contributed by atoms with Gasteiger partial charge in [0.05, 0.1) is 5.60 Å². The van der Waals surface area contributed by atoms with Crippen LogP contribution >= 0.6 is 0 Å². The predicted octanol–water partition coefficient (Wildman–Crippen LogP) is 2.15. The predicted molar refractivity (Wildman–Crippen MR) is 75.5 cm³/mol. The zero-order valence-electron chi connectivity index (χ0n) is 11.7. The summed E-state index contributed by atoms with van der Waals surface area (Å²) in [4.78, 5) is 11.7. The molecule has 1 atom stereocenters. The van der Waals surface area contributed by atoms with Crippen molar-refractivity contribution in [3.63, 3.8) is 0 Å². The van der Waals surface area contributed by atoms with Gasteiger partial charge in [-0.25, -0.2) is 0 Å². The summed E-state index contributed by atoms with van der Waals surface area (Å²) in [5, 5.41) is 10.0. The second-order valence-electron chi connectivity index (χ2n) is 5.03. The maximum absolute atomic E-state index is 11.7. The molecule has 1 aromatic rings. The Balaban J connectivity index is 2.65. The Kier molecular flexibility index (Phi) is 5.99. The second kappa shape index (κ2) is 7.26. The van der Waals surface area contributed by atoms with E-state index in [1.54, 1.807) is 31.2 Å². The molecule has 0 aliphatic carbocycles. The standard InChI is InChI=1S/C15H23NO3/c1-3-8-15(2,18)11-19-13-6-4-5-12(10-13)14(17)7-9-16/h4-6,10,18H,3,7-9,11,16H2,1-2H3. The van der Waals surface area contributed by atoms with Gasteiger partial charge in [0.1, 0.15) is 12.4 Å². The van der Waals surface area contributed by atoms with Gasteiger partial charge in [0.15, 0.2) is 5.78 Å². The Hall–Kier alpha value is -1.39. The average Bonchev–Trinajstić information content (AvgIpc) is 2.37. The molecule has 0 aliphatic rings. The fourth-order valence-corrected chi connectivity index (χ4v) is 1.88. The van der Waals surface area contributed by atoms with Gasteiger partial charge < -0.3 is 15.6 Å². The van der Waals surface area contributed by atoms with E-state index < -0.39 is 5.60 Å². The van der Waals surface area contributed by atoms with Gasteiger partial charge in [0.2, 0.25) is 0 Å². The minimum atomic E-state index is -0.841. The summed E-state index contributed by atoms with van der Waals surface area (Å²) in [5.41, 5.74) is 5.12. The fourth-order valence-electron chi connectivity index (χ4n) is 1.88. The van der Waals surface area contributed by atoms with Crippen LogP contribution in [0.3, 0.4) is 0 Å². The highest BCUT2D eigenvalue weighted by atomic mass is 16.5. The molecule has 0 saturated heterocycles. The van der Waals surface area contributed by atoms with Crippen molar-refractivity contribution in [3.05, 3.63) is 29.8 Å². The third-order valence-electron chi connectivity index (χ3n) is 2.87. The van der Waals surface area contributed by atoms with Crippen LogP contribution < -0.4 is 10.5 Å². The molecule has 0 bridgehead atoms. The van der Waals surface area contributed by atoms with Crippen molar-refractivity contribution in [2.45, 2.75) is 38.7 Å². The average molecular weight is 265 g/mol. The van der Waals surface area contributed by atoms with Crippen LogP contribution in [0.25, 0.3) is 0 Å². The van der Waals surface area contributed by atoms with Gasteiger partial charge in [0, 0.05) is 12.0 Å². The zero-order chi connectivity index (χ0) is 14.3. The molecule has 4 heteroatoms. The van der Waals surface area contributed by atoms with Crippen LogP contribution in [0.2, 0.25) is 0 Å². The minimum Gasteiger partial charge on any atom is -0.491 e. The lowest BCUT2D eigenvalue weighted by atomic mass is 10.0. The SMILES string of the molecule is CCCC(C)(O)COc1cccc(C(=O)CCN)c1. The van der Waals surface area contributed by atoms with E-state index >= 15 is 0 Å². The van der Waals surface area contributed by atoms with Gasteiger partial charge in [-0.2, -0.15) is 0 Å². The van der Waals surface area contributed by atoms with E-state index in [-0.39, 0.29) is 12.4 Å². The summed E-state index contributed by atoms with van der Waals surface area (Å²) in [7, 11) is 0. The van der Waals surface area contributed by atoms with Crippen LogP contribution in [-0.4, -0.2) is 29.6 Å². The Morgan fingerprint density at radius 3 is 2.84 bits per heavy atom. The Bertz CT molecular complexity index is 416. The molecule has 1 rings (SSSR count). The number of carbonyl (C=O) groups excluding carboxylic acids is 1. The fraction of sp³-hybridized carbons (Fsp3) is 0.533. The summed E-state index contributed by atoms with van der Waals surface area (Å²) in [6.07, 6.45) is 1.90. The number of benzene rings is 1. The monoisotopic (exact) mass is 265 g/mol. The lowest BCUT2D eigenvalue weighted by Gasteiger charge is -2.22. The number of nitrogens with two attached hydrogens (primary N) is 1. The topological polar surface area (TPSA) is 72.5 Å². The van der Waals surface area contributed by atoms with E-state index in [9.17, 15) is 9.90 Å². The maximum atomic E-state index is 11.7. The number of carbonyl (C=O) groups is 1. The summed E-state index contributed by atoms with van der Waals surface area (Å²) in [6, 6.07) is 6.99. The molecule has 0 spiro atoms. The van der Waals surface area contributed by atoms with Gasteiger partial charge in [-0.15, -0.1) is 0 Å². The number of aliphatic hydroxyl groups is 1. The number of ketones is 1. The van der Waals surface area contributed by atoms with Crippen LogP contribution in [0.5, 0.6) is 5.75 Å². The van der Waals surface area contributed by atoms with Gasteiger partial charge >= 0.3 is 0 Å². The van der Waals surface area contributed by atoms with Crippen LogP contribution in [0.1, 0.15) is 43.5 Å². The molecule has 0 saturated carbocycles. The van der Waals surface area contributed by atoms with Crippen molar-refractivity contribution in [1.29, 1.82) is 0 Å². The number of ether oxygens (including phenoxy) is 1. The minimum absolute atomic E-state index is 0.00766. The van der Waals surface area contributed by atoms with Crippen molar-refractivity contribution in [2.75, 3.05) is 13.2 Å². The first-order valence-electron chi connectivity index (χ1n) is 6.67. The first kappa shape index (κ1) is 15.7. The van der Waals surface area contributed by atoms with Crippen molar-refractivity contribution in [1.82, 2.24) is 0 Å². The van der Waals surface area contributed by atoms with Gasteiger partial charge in [-0.1, -0.05) is 25.5 Å². The zero-order valence-corrected chi connectivity index (χ0v) is 11.7. The van der Waals surface area contributed by atoms with Gasteiger partial charge in [-0.05, 0) is 32.0 Å². The molecule has 19 heavy (non-hydrogen) atoms. The molecule has 3 N–H and O–H groups in total. The van der Waals surface area contributed by atoms with Crippen LogP contribution in [0.15, 0.2) is 24.3 Å². The first-order valence-corrected chi connectivity index (χ1v) is 6.67. The molecule has 0 radical (unpaired) electrons. The third-order valence-corrected chi connectivity index (χ3v) is 2.87. The molecule has 1 unspecified atom stereocenters. The van der Waals surface area contributed by atoms with Gasteiger partial charge in [0.25, 0.3) is 0 Å². The van der Waals surface area contributed by atoms with Crippen molar-refractivity contribution < 1.29 is 14.6 Å². The largest absolute Gasteiger partial charge is 0.491 e. The van der Waals surface area contributed by atoms with E-state index in [2.05, 4.69) is 0 Å². The summed E-state index contributed by atoms with van der Waals surface area (Å²) < 4.78 is 5.56.